The van der Waals surface area contributed by atoms with E-state index in [1.807, 2.05) is 4.90 Å². The number of piperidine rings is 1. The average Bonchev–Trinajstić information content (AvgIpc) is 3.10. The van der Waals surface area contributed by atoms with E-state index in [9.17, 15) is 4.79 Å². The van der Waals surface area contributed by atoms with Gasteiger partial charge in [-0.15, -0.1) is 0 Å². The Kier molecular flexibility index (Phi) is 5.33. The molecule has 0 saturated carbocycles. The molecule has 2 fully saturated rings. The topological polar surface area (TPSA) is 35.6 Å². The molecule has 0 aliphatic carbocycles. The summed E-state index contributed by atoms with van der Waals surface area (Å²) >= 11 is 0. The molecule has 2 amide bonds. The standard InChI is InChI=1S/C18H27N3O/c22-18(21-12-4-5-13-21)19-10-14-20-11-6-9-17(15-20)16-7-2-1-3-8-16/h1-3,7-8,17H,4-6,9-15H2,(H,19,22). The van der Waals surface area contributed by atoms with E-state index in [0.717, 1.165) is 52.1 Å². The van der Waals surface area contributed by atoms with Gasteiger partial charge in [0.25, 0.3) is 0 Å². The zero-order chi connectivity index (χ0) is 15.2. The van der Waals surface area contributed by atoms with Crippen molar-refractivity contribution >= 4 is 6.03 Å². The first-order valence-electron chi connectivity index (χ1n) is 8.63. The molecule has 1 aromatic rings. The number of rotatable bonds is 4. The SMILES string of the molecule is O=C(NCCN1CCCC(c2ccccc2)C1)N1CCCC1. The Labute approximate surface area is 133 Å². The van der Waals surface area contributed by atoms with Crippen molar-refractivity contribution < 1.29 is 4.79 Å². The van der Waals surface area contributed by atoms with Crippen molar-refractivity contribution in [2.24, 2.45) is 0 Å². The van der Waals surface area contributed by atoms with Crippen LogP contribution in [-0.4, -0.2) is 55.1 Å². The number of nitrogens with one attached hydrogen (secondary N) is 1. The van der Waals surface area contributed by atoms with Crippen LogP contribution in [0.15, 0.2) is 30.3 Å². The van der Waals surface area contributed by atoms with Gasteiger partial charge in [0.2, 0.25) is 0 Å². The molecule has 22 heavy (non-hydrogen) atoms. The van der Waals surface area contributed by atoms with Gasteiger partial charge in [0.15, 0.2) is 0 Å². The van der Waals surface area contributed by atoms with Crippen LogP contribution in [0.2, 0.25) is 0 Å². The van der Waals surface area contributed by atoms with E-state index < -0.39 is 0 Å². The molecular weight excluding hydrogens is 274 g/mol. The molecular formula is C18H27N3O. The van der Waals surface area contributed by atoms with Crippen LogP contribution in [0, 0.1) is 0 Å². The lowest BCUT2D eigenvalue weighted by Crippen LogP contribution is -2.43. The van der Waals surface area contributed by atoms with Crippen molar-refractivity contribution in [2.45, 2.75) is 31.6 Å². The van der Waals surface area contributed by atoms with Crippen LogP contribution < -0.4 is 5.32 Å². The van der Waals surface area contributed by atoms with Gasteiger partial charge in [0, 0.05) is 32.7 Å². The predicted octanol–water partition coefficient (Wildman–Crippen LogP) is 2.67. The highest BCUT2D eigenvalue weighted by Crippen LogP contribution is 2.26. The van der Waals surface area contributed by atoms with Gasteiger partial charge in [-0.25, -0.2) is 4.79 Å². The zero-order valence-corrected chi connectivity index (χ0v) is 13.3. The molecule has 2 saturated heterocycles. The molecule has 3 rings (SSSR count). The third-order valence-electron chi connectivity index (χ3n) is 4.87. The molecule has 4 nitrogen and oxygen atoms in total. The lowest BCUT2D eigenvalue weighted by atomic mass is 9.91. The summed E-state index contributed by atoms with van der Waals surface area (Å²) in [4.78, 5) is 16.4. The average molecular weight is 301 g/mol. The van der Waals surface area contributed by atoms with Gasteiger partial charge in [-0.05, 0) is 43.7 Å². The van der Waals surface area contributed by atoms with Crippen LogP contribution in [0.4, 0.5) is 4.79 Å². The summed E-state index contributed by atoms with van der Waals surface area (Å²) in [6.07, 6.45) is 4.83. The van der Waals surface area contributed by atoms with E-state index in [1.54, 1.807) is 0 Å². The summed E-state index contributed by atoms with van der Waals surface area (Å²) < 4.78 is 0. The van der Waals surface area contributed by atoms with E-state index in [-0.39, 0.29) is 6.03 Å². The fraction of sp³-hybridized carbons (Fsp3) is 0.611. The molecule has 0 spiro atoms. The Morgan fingerprint density at radius 2 is 1.86 bits per heavy atom. The minimum atomic E-state index is 0.120. The van der Waals surface area contributed by atoms with Gasteiger partial charge in [-0.1, -0.05) is 30.3 Å². The maximum absolute atomic E-state index is 12.0. The van der Waals surface area contributed by atoms with Crippen LogP contribution in [0.1, 0.15) is 37.2 Å². The van der Waals surface area contributed by atoms with Crippen LogP contribution in [0.5, 0.6) is 0 Å². The Bertz CT molecular complexity index is 470. The fourth-order valence-electron chi connectivity index (χ4n) is 3.61. The van der Waals surface area contributed by atoms with Gasteiger partial charge >= 0.3 is 6.03 Å². The van der Waals surface area contributed by atoms with Gasteiger partial charge in [0.1, 0.15) is 0 Å². The lowest BCUT2D eigenvalue weighted by Gasteiger charge is -2.33. The number of urea groups is 1. The van der Waals surface area contributed by atoms with E-state index in [2.05, 4.69) is 40.5 Å². The molecule has 1 atom stereocenters. The van der Waals surface area contributed by atoms with Gasteiger partial charge in [0.05, 0.1) is 0 Å². The lowest BCUT2D eigenvalue weighted by molar-refractivity contribution is 0.194. The van der Waals surface area contributed by atoms with Crippen molar-refractivity contribution in [3.63, 3.8) is 0 Å². The highest BCUT2D eigenvalue weighted by molar-refractivity contribution is 5.74. The minimum absolute atomic E-state index is 0.120. The second kappa shape index (κ2) is 7.63. The summed E-state index contributed by atoms with van der Waals surface area (Å²) in [5.74, 6) is 0.643. The molecule has 2 aliphatic rings. The minimum Gasteiger partial charge on any atom is -0.337 e. The van der Waals surface area contributed by atoms with Crippen molar-refractivity contribution in [1.82, 2.24) is 15.1 Å². The molecule has 0 radical (unpaired) electrons. The molecule has 4 heteroatoms. The van der Waals surface area contributed by atoms with Crippen molar-refractivity contribution in [3.05, 3.63) is 35.9 Å². The van der Waals surface area contributed by atoms with E-state index in [0.29, 0.717) is 5.92 Å². The number of hydrogen-bond donors (Lipinski definition) is 1. The van der Waals surface area contributed by atoms with E-state index >= 15 is 0 Å². The number of benzene rings is 1. The fourth-order valence-corrected chi connectivity index (χ4v) is 3.61. The molecule has 0 bridgehead atoms. The third-order valence-corrected chi connectivity index (χ3v) is 4.87. The summed E-state index contributed by atoms with van der Waals surface area (Å²) in [5, 5.41) is 3.07. The Morgan fingerprint density at radius 1 is 1.09 bits per heavy atom. The smallest absolute Gasteiger partial charge is 0.317 e. The summed E-state index contributed by atoms with van der Waals surface area (Å²) in [5.41, 5.74) is 1.45. The maximum atomic E-state index is 12.0. The molecule has 2 heterocycles. The highest BCUT2D eigenvalue weighted by atomic mass is 16.2. The molecule has 2 aliphatic heterocycles. The second-order valence-corrected chi connectivity index (χ2v) is 6.48. The summed E-state index contributed by atoms with van der Waals surface area (Å²) in [6, 6.07) is 10.9. The molecule has 1 N–H and O–H groups in total. The molecule has 0 aromatic heterocycles. The first-order chi connectivity index (χ1) is 10.8. The first-order valence-corrected chi connectivity index (χ1v) is 8.63. The predicted molar refractivity (Wildman–Crippen MR) is 89.1 cm³/mol. The summed E-state index contributed by atoms with van der Waals surface area (Å²) in [7, 11) is 0. The zero-order valence-electron chi connectivity index (χ0n) is 13.3. The van der Waals surface area contributed by atoms with E-state index in [4.69, 9.17) is 0 Å². The Hall–Kier alpha value is -1.55. The van der Waals surface area contributed by atoms with Gasteiger partial charge in [-0.2, -0.15) is 0 Å². The molecule has 1 aromatic carbocycles. The monoisotopic (exact) mass is 301 g/mol. The number of likely N-dealkylation sites (tertiary alicyclic amines) is 2. The van der Waals surface area contributed by atoms with Crippen molar-refractivity contribution in [3.8, 4) is 0 Å². The van der Waals surface area contributed by atoms with Crippen LogP contribution in [-0.2, 0) is 0 Å². The number of carbonyl (C=O) groups excluding carboxylic acids is 1. The van der Waals surface area contributed by atoms with E-state index in [1.165, 1.54) is 18.4 Å². The largest absolute Gasteiger partial charge is 0.337 e. The van der Waals surface area contributed by atoms with Crippen molar-refractivity contribution in [2.75, 3.05) is 39.3 Å². The van der Waals surface area contributed by atoms with Gasteiger partial charge in [-0.3, -0.25) is 0 Å². The molecule has 120 valence electrons. The van der Waals surface area contributed by atoms with Crippen LogP contribution >= 0.6 is 0 Å². The number of carbonyl (C=O) groups is 1. The quantitative estimate of drug-likeness (QED) is 0.928. The first kappa shape index (κ1) is 15.3. The third kappa shape index (κ3) is 4.01. The summed E-state index contributed by atoms with van der Waals surface area (Å²) in [6.45, 7) is 5.84. The Balaban J connectivity index is 1.42. The van der Waals surface area contributed by atoms with Crippen molar-refractivity contribution in [1.29, 1.82) is 0 Å². The number of nitrogens with zero attached hydrogens (tertiary/aromatic N) is 2. The second-order valence-electron chi connectivity index (χ2n) is 6.48. The Morgan fingerprint density at radius 3 is 2.64 bits per heavy atom. The highest BCUT2D eigenvalue weighted by Gasteiger charge is 2.21. The normalized spacial score (nSPS) is 22.7. The van der Waals surface area contributed by atoms with Gasteiger partial charge < -0.3 is 15.1 Å². The number of amides is 2. The maximum Gasteiger partial charge on any atom is 0.317 e. The van der Waals surface area contributed by atoms with Crippen LogP contribution in [0.3, 0.4) is 0 Å². The molecule has 1 unspecified atom stereocenters. The van der Waals surface area contributed by atoms with Crippen LogP contribution in [0.25, 0.3) is 0 Å². The number of hydrogen-bond acceptors (Lipinski definition) is 2.